The van der Waals surface area contributed by atoms with Crippen molar-refractivity contribution in [2.75, 3.05) is 32.8 Å². The first-order valence-electron chi connectivity index (χ1n) is 8.01. The fourth-order valence-corrected chi connectivity index (χ4v) is 4.11. The van der Waals surface area contributed by atoms with Gasteiger partial charge in [-0.25, -0.2) is 4.98 Å². The SMILES string of the molecule is c1nc(CNC[C@@H]2CCN(C3CC3)C2)sc1C1OCCO1. The third kappa shape index (κ3) is 3.46. The summed E-state index contributed by atoms with van der Waals surface area (Å²) in [5, 5.41) is 4.69. The zero-order valence-electron chi connectivity index (χ0n) is 12.3. The third-order valence-electron chi connectivity index (χ3n) is 4.52. The molecule has 3 heterocycles. The van der Waals surface area contributed by atoms with Crippen molar-refractivity contribution in [2.45, 2.75) is 38.1 Å². The summed E-state index contributed by atoms with van der Waals surface area (Å²) in [6.07, 6.45) is 5.90. The summed E-state index contributed by atoms with van der Waals surface area (Å²) in [7, 11) is 0. The van der Waals surface area contributed by atoms with E-state index in [9.17, 15) is 0 Å². The lowest BCUT2D eigenvalue weighted by atomic mass is 10.1. The molecule has 2 saturated heterocycles. The lowest BCUT2D eigenvalue weighted by Gasteiger charge is -2.14. The standard InChI is InChI=1S/C15H23N3O2S/c1-2-12(1)18-4-3-11(10-18)7-16-9-14-17-8-13(21-14)15-19-5-6-20-15/h8,11-12,15-16H,1-7,9-10H2/t11-/m0/s1. The number of rotatable bonds is 6. The summed E-state index contributed by atoms with van der Waals surface area (Å²) in [6.45, 7) is 5.93. The van der Waals surface area contributed by atoms with Gasteiger partial charge in [0.25, 0.3) is 0 Å². The van der Waals surface area contributed by atoms with Crippen LogP contribution in [0.1, 0.15) is 35.4 Å². The van der Waals surface area contributed by atoms with E-state index in [0.29, 0.717) is 13.2 Å². The van der Waals surface area contributed by atoms with Crippen LogP contribution in [0.15, 0.2) is 6.20 Å². The number of nitrogens with zero attached hydrogens (tertiary/aromatic N) is 2. The van der Waals surface area contributed by atoms with E-state index in [2.05, 4.69) is 15.2 Å². The normalized spacial score (nSPS) is 27.7. The van der Waals surface area contributed by atoms with Crippen molar-refractivity contribution in [3.8, 4) is 0 Å². The molecule has 2 aliphatic heterocycles. The van der Waals surface area contributed by atoms with Gasteiger partial charge in [-0.1, -0.05) is 0 Å². The first-order valence-corrected chi connectivity index (χ1v) is 8.83. The number of likely N-dealkylation sites (tertiary alicyclic amines) is 1. The Morgan fingerprint density at radius 1 is 1.29 bits per heavy atom. The van der Waals surface area contributed by atoms with Gasteiger partial charge in [0.05, 0.1) is 18.1 Å². The van der Waals surface area contributed by atoms with Gasteiger partial charge in [-0.3, -0.25) is 0 Å². The second kappa shape index (κ2) is 6.30. The molecule has 21 heavy (non-hydrogen) atoms. The molecule has 116 valence electrons. The van der Waals surface area contributed by atoms with E-state index in [-0.39, 0.29) is 6.29 Å². The van der Waals surface area contributed by atoms with Crippen molar-refractivity contribution in [3.05, 3.63) is 16.1 Å². The molecule has 4 rings (SSSR count). The maximum absolute atomic E-state index is 5.50. The molecule has 1 aromatic heterocycles. The molecule has 0 aromatic carbocycles. The summed E-state index contributed by atoms with van der Waals surface area (Å²) in [5.41, 5.74) is 0. The Labute approximate surface area is 129 Å². The third-order valence-corrected chi connectivity index (χ3v) is 5.53. The Hall–Kier alpha value is -0.530. The average molecular weight is 309 g/mol. The molecule has 1 N–H and O–H groups in total. The average Bonchev–Trinajstić information content (AvgIpc) is 2.96. The summed E-state index contributed by atoms with van der Waals surface area (Å²) >= 11 is 1.69. The van der Waals surface area contributed by atoms with E-state index in [0.717, 1.165) is 34.9 Å². The number of hydrogen-bond acceptors (Lipinski definition) is 6. The van der Waals surface area contributed by atoms with Crippen molar-refractivity contribution in [3.63, 3.8) is 0 Å². The monoisotopic (exact) mass is 309 g/mol. The summed E-state index contributed by atoms with van der Waals surface area (Å²) in [5.74, 6) is 0.812. The van der Waals surface area contributed by atoms with Crippen molar-refractivity contribution < 1.29 is 9.47 Å². The topological polar surface area (TPSA) is 46.6 Å². The minimum Gasteiger partial charge on any atom is -0.345 e. The largest absolute Gasteiger partial charge is 0.345 e. The Morgan fingerprint density at radius 2 is 2.14 bits per heavy atom. The Balaban J connectivity index is 1.20. The molecule has 0 unspecified atom stereocenters. The first kappa shape index (κ1) is 14.1. The molecule has 0 amide bonds. The molecular formula is C15H23N3O2S. The molecule has 1 aliphatic carbocycles. The number of thiazole rings is 1. The molecule has 0 bridgehead atoms. The van der Waals surface area contributed by atoms with Crippen LogP contribution in [0.25, 0.3) is 0 Å². The molecule has 0 radical (unpaired) electrons. The van der Waals surface area contributed by atoms with Crippen LogP contribution in [0, 0.1) is 5.92 Å². The van der Waals surface area contributed by atoms with E-state index in [1.165, 1.54) is 32.4 Å². The molecule has 1 atom stereocenters. The zero-order valence-corrected chi connectivity index (χ0v) is 13.1. The zero-order chi connectivity index (χ0) is 14.1. The molecule has 6 heteroatoms. The van der Waals surface area contributed by atoms with Gasteiger partial charge in [0.15, 0.2) is 6.29 Å². The molecular weight excluding hydrogens is 286 g/mol. The van der Waals surface area contributed by atoms with Crippen molar-refractivity contribution in [1.82, 2.24) is 15.2 Å². The fourth-order valence-electron chi connectivity index (χ4n) is 3.22. The quantitative estimate of drug-likeness (QED) is 0.868. The second-order valence-electron chi connectivity index (χ2n) is 6.24. The highest BCUT2D eigenvalue weighted by molar-refractivity contribution is 7.11. The van der Waals surface area contributed by atoms with Crippen LogP contribution in [-0.2, 0) is 16.0 Å². The van der Waals surface area contributed by atoms with Crippen molar-refractivity contribution >= 4 is 11.3 Å². The van der Waals surface area contributed by atoms with Crippen LogP contribution in [0.4, 0.5) is 0 Å². The lowest BCUT2D eigenvalue weighted by molar-refractivity contribution is -0.0414. The van der Waals surface area contributed by atoms with Crippen molar-refractivity contribution in [2.24, 2.45) is 5.92 Å². The van der Waals surface area contributed by atoms with Crippen LogP contribution < -0.4 is 5.32 Å². The van der Waals surface area contributed by atoms with Gasteiger partial charge < -0.3 is 19.7 Å². The molecule has 1 aromatic rings. The predicted molar refractivity (Wildman–Crippen MR) is 81.2 cm³/mol. The van der Waals surface area contributed by atoms with E-state index < -0.39 is 0 Å². The highest BCUT2D eigenvalue weighted by Crippen LogP contribution is 2.31. The van der Waals surface area contributed by atoms with Crippen LogP contribution in [0.3, 0.4) is 0 Å². The minimum atomic E-state index is -0.182. The predicted octanol–water partition coefficient (Wildman–Crippen LogP) is 1.76. The summed E-state index contributed by atoms with van der Waals surface area (Å²) in [4.78, 5) is 8.22. The van der Waals surface area contributed by atoms with Crippen LogP contribution in [-0.4, -0.2) is 48.8 Å². The van der Waals surface area contributed by atoms with Crippen LogP contribution >= 0.6 is 11.3 Å². The lowest BCUT2D eigenvalue weighted by Crippen LogP contribution is -2.27. The second-order valence-corrected chi connectivity index (χ2v) is 7.39. The maximum Gasteiger partial charge on any atom is 0.194 e. The Bertz CT molecular complexity index is 471. The van der Waals surface area contributed by atoms with Gasteiger partial charge in [-0.15, -0.1) is 11.3 Å². The van der Waals surface area contributed by atoms with Gasteiger partial charge in [0.2, 0.25) is 0 Å². The van der Waals surface area contributed by atoms with E-state index in [1.807, 2.05) is 6.20 Å². The Morgan fingerprint density at radius 3 is 2.95 bits per heavy atom. The smallest absolute Gasteiger partial charge is 0.194 e. The number of aromatic nitrogens is 1. The minimum absolute atomic E-state index is 0.182. The highest BCUT2D eigenvalue weighted by atomic mass is 32.1. The number of hydrogen-bond donors (Lipinski definition) is 1. The van der Waals surface area contributed by atoms with Gasteiger partial charge in [-0.05, 0) is 38.3 Å². The number of ether oxygens (including phenoxy) is 2. The van der Waals surface area contributed by atoms with Crippen LogP contribution in [0.5, 0.6) is 0 Å². The van der Waals surface area contributed by atoms with Gasteiger partial charge in [0, 0.05) is 25.3 Å². The van der Waals surface area contributed by atoms with Gasteiger partial charge in [-0.2, -0.15) is 0 Å². The van der Waals surface area contributed by atoms with Gasteiger partial charge >= 0.3 is 0 Å². The van der Waals surface area contributed by atoms with E-state index >= 15 is 0 Å². The molecule has 0 spiro atoms. The number of nitrogens with one attached hydrogen (secondary N) is 1. The first-order chi connectivity index (χ1) is 10.4. The summed E-state index contributed by atoms with van der Waals surface area (Å²) in [6, 6.07) is 0.919. The molecule has 3 fully saturated rings. The molecule has 3 aliphatic rings. The molecule has 5 nitrogen and oxygen atoms in total. The molecule has 1 saturated carbocycles. The highest BCUT2D eigenvalue weighted by Gasteiger charge is 2.34. The summed E-state index contributed by atoms with van der Waals surface area (Å²) < 4.78 is 11.0. The van der Waals surface area contributed by atoms with E-state index in [1.54, 1.807) is 11.3 Å². The van der Waals surface area contributed by atoms with E-state index in [4.69, 9.17) is 9.47 Å². The van der Waals surface area contributed by atoms with Crippen LogP contribution in [0.2, 0.25) is 0 Å². The fraction of sp³-hybridized carbons (Fsp3) is 0.800. The van der Waals surface area contributed by atoms with Gasteiger partial charge in [0.1, 0.15) is 5.01 Å². The Kier molecular flexibility index (Phi) is 4.23. The van der Waals surface area contributed by atoms with Crippen molar-refractivity contribution in [1.29, 1.82) is 0 Å². The maximum atomic E-state index is 5.50.